The Morgan fingerprint density at radius 3 is 1.79 bits per heavy atom. The van der Waals surface area contributed by atoms with Crippen LogP contribution in [0.2, 0.25) is 0 Å². The third-order valence-corrected chi connectivity index (χ3v) is 4.53. The highest BCUT2D eigenvalue weighted by Crippen LogP contribution is 2.50. The Balaban J connectivity index is 0.00000102. The highest BCUT2D eigenvalue weighted by atomic mass is 32.2. The van der Waals surface area contributed by atoms with E-state index >= 15 is 0 Å². The van der Waals surface area contributed by atoms with Gasteiger partial charge in [-0.1, -0.05) is 45.1 Å². The van der Waals surface area contributed by atoms with Crippen molar-refractivity contribution in [1.82, 2.24) is 4.98 Å². The number of hydrogen-bond donors (Lipinski definition) is 1. The average molecular weight is 441 g/mol. The first kappa shape index (κ1) is 26.6. The fraction of sp³-hybridized carbons (Fsp3) is 0.688. The van der Waals surface area contributed by atoms with Crippen molar-refractivity contribution in [2.75, 3.05) is 0 Å². The second-order valence-corrected chi connectivity index (χ2v) is 7.35. The summed E-state index contributed by atoms with van der Waals surface area (Å²) in [7, 11) is -6.84. The molecule has 1 unspecified atom stereocenters. The van der Waals surface area contributed by atoms with E-state index in [4.69, 9.17) is 4.55 Å². The first-order valence-corrected chi connectivity index (χ1v) is 9.77. The van der Waals surface area contributed by atoms with E-state index in [9.17, 15) is 39.2 Å². The van der Waals surface area contributed by atoms with Crippen LogP contribution in [0.25, 0.3) is 0 Å². The molecule has 0 aliphatic carbocycles. The molecule has 0 amide bonds. The predicted octanol–water partition coefficient (Wildman–Crippen LogP) is 5.52. The normalized spacial score (nSPS) is 14.2. The maximum absolute atomic E-state index is 13.3. The van der Waals surface area contributed by atoms with Crippen LogP contribution in [0.15, 0.2) is 30.6 Å². The molecule has 12 heteroatoms. The van der Waals surface area contributed by atoms with Gasteiger partial charge in [-0.2, -0.15) is 34.8 Å². The first-order chi connectivity index (χ1) is 12.7. The summed E-state index contributed by atoms with van der Waals surface area (Å²) >= 11 is 0. The quantitative estimate of drug-likeness (QED) is 0.295. The molecular weight excluding hydrogens is 419 g/mol. The topological polar surface area (TPSA) is 67.3 Å². The smallest absolute Gasteiger partial charge is 0.281 e. The minimum absolute atomic E-state index is 0.241. The summed E-state index contributed by atoms with van der Waals surface area (Å²) < 4.78 is 120. The van der Waals surface area contributed by atoms with E-state index in [0.29, 0.717) is 12.8 Å². The van der Waals surface area contributed by atoms with Gasteiger partial charge in [0.2, 0.25) is 0 Å². The Labute approximate surface area is 158 Å². The van der Waals surface area contributed by atoms with Crippen molar-refractivity contribution in [3.63, 3.8) is 0 Å². The zero-order valence-electron chi connectivity index (χ0n) is 15.0. The van der Waals surface area contributed by atoms with E-state index in [2.05, 4.69) is 4.98 Å². The van der Waals surface area contributed by atoms with Gasteiger partial charge in [0.25, 0.3) is 0 Å². The summed E-state index contributed by atoms with van der Waals surface area (Å²) in [5.74, 6) is -12.5. The van der Waals surface area contributed by atoms with Crippen LogP contribution in [0.4, 0.5) is 30.7 Å². The van der Waals surface area contributed by atoms with Gasteiger partial charge in [-0.25, -0.2) is 4.39 Å². The van der Waals surface area contributed by atoms with E-state index in [1.54, 1.807) is 12.4 Å². The predicted molar refractivity (Wildman–Crippen MR) is 88.9 cm³/mol. The SMILES string of the molecule is CCCCCCCC(F)C(F)(F)C(F)(F)C(F)(F)S(=O)(=O)O.c1ccncc1. The Hall–Kier alpha value is -1.43. The zero-order valence-corrected chi connectivity index (χ0v) is 15.8. The number of pyridine rings is 1. The number of unbranched alkanes of at least 4 members (excludes halogenated alkanes) is 4. The van der Waals surface area contributed by atoms with Crippen molar-refractivity contribution in [2.24, 2.45) is 0 Å². The van der Waals surface area contributed by atoms with E-state index in [1.165, 1.54) is 0 Å². The fourth-order valence-electron chi connectivity index (χ4n) is 1.97. The molecule has 1 N–H and O–H groups in total. The lowest BCUT2D eigenvalue weighted by molar-refractivity contribution is -0.300. The third kappa shape index (κ3) is 6.87. The van der Waals surface area contributed by atoms with Gasteiger partial charge in [-0.15, -0.1) is 0 Å². The molecule has 0 aliphatic heterocycles. The minimum Gasteiger partial charge on any atom is -0.281 e. The van der Waals surface area contributed by atoms with Crippen LogP contribution < -0.4 is 0 Å². The van der Waals surface area contributed by atoms with Gasteiger partial charge in [0.1, 0.15) is 0 Å². The summed E-state index contributed by atoms with van der Waals surface area (Å²) in [6.07, 6.45) is 0.726. The van der Waals surface area contributed by atoms with E-state index in [0.717, 1.165) is 6.42 Å². The van der Waals surface area contributed by atoms with Gasteiger partial charge in [0.05, 0.1) is 0 Å². The minimum atomic E-state index is -6.84. The molecule has 0 aliphatic rings. The Morgan fingerprint density at radius 2 is 1.43 bits per heavy atom. The maximum atomic E-state index is 13.3. The standard InChI is InChI=1S/C11H17F7O3S.C5H5N/c1-2-3-4-5-6-7-8(12)9(13,14)10(15,16)11(17,18)22(19,20)21;1-2-4-6-5-3-1/h8H,2-7H2,1H3,(H,19,20,21);1-5H. The molecule has 0 spiro atoms. The summed E-state index contributed by atoms with van der Waals surface area (Å²) in [5, 5.41) is -6.50. The van der Waals surface area contributed by atoms with Crippen LogP contribution in [-0.2, 0) is 10.1 Å². The highest BCUT2D eigenvalue weighted by molar-refractivity contribution is 7.87. The van der Waals surface area contributed by atoms with Crippen LogP contribution in [0.3, 0.4) is 0 Å². The van der Waals surface area contributed by atoms with Crippen LogP contribution in [0.5, 0.6) is 0 Å². The maximum Gasteiger partial charge on any atom is 0.438 e. The lowest BCUT2D eigenvalue weighted by atomic mass is 10.0. The molecule has 164 valence electrons. The third-order valence-electron chi connectivity index (χ3n) is 3.63. The van der Waals surface area contributed by atoms with E-state index in [-0.39, 0.29) is 12.8 Å². The van der Waals surface area contributed by atoms with Gasteiger partial charge >= 0.3 is 27.2 Å². The largest absolute Gasteiger partial charge is 0.438 e. The summed E-state index contributed by atoms with van der Waals surface area (Å²) in [6.45, 7) is 1.84. The summed E-state index contributed by atoms with van der Waals surface area (Å²) in [4.78, 5) is 3.78. The molecular formula is C16H22F7NO3S. The molecule has 0 saturated carbocycles. The van der Waals surface area contributed by atoms with Gasteiger partial charge < -0.3 is 0 Å². The van der Waals surface area contributed by atoms with E-state index < -0.39 is 39.8 Å². The molecule has 1 aromatic rings. The molecule has 1 aromatic heterocycles. The number of rotatable bonds is 10. The molecule has 1 heterocycles. The number of halogens is 7. The van der Waals surface area contributed by atoms with Gasteiger partial charge in [-0.3, -0.25) is 9.54 Å². The van der Waals surface area contributed by atoms with E-state index in [1.807, 2.05) is 25.1 Å². The lowest BCUT2D eigenvalue weighted by Crippen LogP contribution is -2.61. The second kappa shape index (κ2) is 10.9. The van der Waals surface area contributed by atoms with Gasteiger partial charge in [0, 0.05) is 12.4 Å². The van der Waals surface area contributed by atoms with Crippen molar-refractivity contribution in [3.8, 4) is 0 Å². The molecule has 1 atom stereocenters. The molecule has 0 aromatic carbocycles. The lowest BCUT2D eigenvalue weighted by Gasteiger charge is -2.32. The van der Waals surface area contributed by atoms with Crippen LogP contribution >= 0.6 is 0 Å². The molecule has 0 radical (unpaired) electrons. The number of alkyl halides is 7. The molecule has 0 saturated heterocycles. The highest BCUT2D eigenvalue weighted by Gasteiger charge is 2.79. The average Bonchev–Trinajstić information content (AvgIpc) is 2.62. The van der Waals surface area contributed by atoms with Crippen molar-refractivity contribution < 1.29 is 43.7 Å². The number of nitrogens with zero attached hydrogens (tertiary/aromatic N) is 1. The molecule has 0 bridgehead atoms. The Bertz CT molecular complexity index is 631. The van der Waals surface area contributed by atoms with Gasteiger partial charge in [-0.05, 0) is 18.6 Å². The Morgan fingerprint density at radius 1 is 0.929 bits per heavy atom. The molecule has 0 fully saturated rings. The number of aromatic nitrogens is 1. The van der Waals surface area contributed by atoms with Crippen molar-refractivity contribution in [3.05, 3.63) is 30.6 Å². The fourth-order valence-corrected chi connectivity index (χ4v) is 2.43. The Kier molecular flexibility index (Phi) is 10.4. The molecule has 28 heavy (non-hydrogen) atoms. The van der Waals surface area contributed by atoms with Crippen LogP contribution in [0.1, 0.15) is 45.4 Å². The van der Waals surface area contributed by atoms with Crippen LogP contribution in [-0.4, -0.2) is 41.2 Å². The first-order valence-electron chi connectivity index (χ1n) is 8.33. The van der Waals surface area contributed by atoms with Gasteiger partial charge in [0.15, 0.2) is 6.17 Å². The van der Waals surface area contributed by atoms with Crippen molar-refractivity contribution in [1.29, 1.82) is 0 Å². The molecule has 1 rings (SSSR count). The van der Waals surface area contributed by atoms with Crippen molar-refractivity contribution >= 4 is 10.1 Å². The second-order valence-electron chi connectivity index (χ2n) is 5.88. The summed E-state index contributed by atoms with van der Waals surface area (Å²) in [6, 6.07) is 5.72. The summed E-state index contributed by atoms with van der Waals surface area (Å²) in [5.41, 5.74) is 0. The molecule has 4 nitrogen and oxygen atoms in total. The number of hydrogen-bond acceptors (Lipinski definition) is 3. The monoisotopic (exact) mass is 441 g/mol. The van der Waals surface area contributed by atoms with Crippen LogP contribution in [0, 0.1) is 0 Å². The van der Waals surface area contributed by atoms with Crippen molar-refractivity contribution in [2.45, 2.75) is 68.7 Å². The zero-order chi connectivity index (χ0) is 22.1.